The van der Waals surface area contributed by atoms with Crippen LogP contribution in [0.1, 0.15) is 22.6 Å². The third kappa shape index (κ3) is 3.64. The lowest BCUT2D eigenvalue weighted by Crippen LogP contribution is -2.05. The van der Waals surface area contributed by atoms with Crippen LogP contribution in [0, 0.1) is 0 Å². The molecular weight excluding hydrogens is 689 g/mol. The van der Waals surface area contributed by atoms with E-state index >= 15 is 0 Å². The van der Waals surface area contributed by atoms with E-state index in [0.29, 0.717) is 22.3 Å². The van der Waals surface area contributed by atoms with Gasteiger partial charge in [0.2, 0.25) is 0 Å². The highest BCUT2D eigenvalue weighted by Crippen LogP contribution is 2.64. The van der Waals surface area contributed by atoms with E-state index in [0.717, 1.165) is 0 Å². The molecule has 0 fully saturated rings. The molecule has 0 amide bonds. The van der Waals surface area contributed by atoms with Gasteiger partial charge in [-0.15, -0.1) is 0 Å². The van der Waals surface area contributed by atoms with Gasteiger partial charge in [0, 0.05) is 22.6 Å². The van der Waals surface area contributed by atoms with E-state index in [2.05, 4.69) is 0 Å². The lowest BCUT2D eigenvalue weighted by atomic mass is 9.89. The molecule has 0 unspecified atom stereocenters. The monoisotopic (exact) mass is 684 g/mol. The predicted octanol–water partition coefficient (Wildman–Crippen LogP) is 13.3. The van der Waals surface area contributed by atoms with Crippen molar-refractivity contribution in [3.8, 4) is 11.1 Å². The first-order chi connectivity index (χ1) is 14.8. The Kier molecular flexibility index (Phi) is 7.77. The molecule has 0 nitrogen and oxygen atoms in total. The second kappa shape index (κ2) is 9.38. The first kappa shape index (κ1) is 26.5. The summed E-state index contributed by atoms with van der Waals surface area (Å²) in [6, 6.07) is 0. The van der Waals surface area contributed by atoms with Gasteiger partial charge in [-0.1, -0.05) is 151 Å². The summed E-state index contributed by atoms with van der Waals surface area (Å²) in [5.41, 5.74) is 1.64. The molecule has 0 spiro atoms. The van der Waals surface area contributed by atoms with Crippen molar-refractivity contribution in [2.45, 2.75) is 5.92 Å². The molecule has 32 heavy (non-hydrogen) atoms. The number of hydrogen-bond donors (Lipinski definition) is 0. The van der Waals surface area contributed by atoms with Gasteiger partial charge in [0.1, 0.15) is 0 Å². The molecule has 0 saturated heterocycles. The average Bonchev–Trinajstić information content (AvgIpc) is 3.12. The Morgan fingerprint density at radius 3 is 0.781 bits per heavy atom. The van der Waals surface area contributed by atoms with Crippen molar-refractivity contribution in [1.29, 1.82) is 0 Å². The van der Waals surface area contributed by atoms with E-state index < -0.39 is 5.92 Å². The van der Waals surface area contributed by atoms with Crippen molar-refractivity contribution < 1.29 is 0 Å². The summed E-state index contributed by atoms with van der Waals surface area (Å²) < 4.78 is 0. The second-order valence-electron chi connectivity index (χ2n) is 6.51. The zero-order valence-electron chi connectivity index (χ0n) is 14.5. The predicted molar refractivity (Wildman–Crippen MR) is 144 cm³/mol. The average molecular weight is 690 g/mol. The Labute approximate surface area is 247 Å². The van der Waals surface area contributed by atoms with Gasteiger partial charge in [-0.25, -0.2) is 0 Å². The van der Waals surface area contributed by atoms with E-state index in [9.17, 15) is 0 Å². The van der Waals surface area contributed by atoms with E-state index in [1.165, 1.54) is 0 Å². The molecule has 0 saturated carbocycles. The highest BCUT2D eigenvalue weighted by molar-refractivity contribution is 6.57. The number of halogens is 13. The van der Waals surface area contributed by atoms with Crippen LogP contribution in [-0.2, 0) is 0 Å². The van der Waals surface area contributed by atoms with Crippen LogP contribution in [0.5, 0.6) is 0 Å². The molecule has 0 bridgehead atoms. The van der Waals surface area contributed by atoms with Gasteiger partial charge >= 0.3 is 0 Å². The van der Waals surface area contributed by atoms with Crippen LogP contribution in [0.15, 0.2) is 0 Å². The fourth-order valence-electron chi connectivity index (χ4n) is 3.64. The fourth-order valence-corrected chi connectivity index (χ4v) is 7.15. The van der Waals surface area contributed by atoms with Gasteiger partial charge in [0.25, 0.3) is 0 Å². The smallest absolute Gasteiger partial charge is 0.0809 e. The number of hydrogen-bond acceptors (Lipinski definition) is 0. The topological polar surface area (TPSA) is 0 Å². The highest BCUT2D eigenvalue weighted by Gasteiger charge is 2.43. The van der Waals surface area contributed by atoms with Gasteiger partial charge in [-0.3, -0.25) is 0 Å². The molecule has 0 aromatic heterocycles. The van der Waals surface area contributed by atoms with Crippen LogP contribution in [0.3, 0.4) is 0 Å². The Hall–Kier alpha value is 1.43. The molecule has 0 radical (unpaired) electrons. The minimum Gasteiger partial charge on any atom is -0.0823 e. The molecular formula is C19HCl13. The van der Waals surface area contributed by atoms with Crippen molar-refractivity contribution in [3.05, 3.63) is 82.0 Å². The van der Waals surface area contributed by atoms with E-state index in [-0.39, 0.29) is 70.9 Å². The molecule has 168 valence electrons. The van der Waals surface area contributed by atoms with Crippen molar-refractivity contribution in [2.24, 2.45) is 0 Å². The van der Waals surface area contributed by atoms with Crippen molar-refractivity contribution in [1.82, 2.24) is 0 Å². The van der Waals surface area contributed by atoms with Gasteiger partial charge in [-0.05, 0) is 11.1 Å². The zero-order chi connectivity index (χ0) is 24.0. The van der Waals surface area contributed by atoms with Crippen molar-refractivity contribution in [3.63, 3.8) is 0 Å². The van der Waals surface area contributed by atoms with Gasteiger partial charge < -0.3 is 0 Å². The summed E-state index contributed by atoms with van der Waals surface area (Å²) >= 11 is 83.9. The summed E-state index contributed by atoms with van der Waals surface area (Å²) in [5, 5.41) is 0.184. The third-order valence-corrected chi connectivity index (χ3v) is 10.9. The zero-order valence-corrected chi connectivity index (χ0v) is 24.3. The number of fused-ring (bicyclic) bond motifs is 3. The Morgan fingerprint density at radius 1 is 0.250 bits per heavy atom. The summed E-state index contributed by atoms with van der Waals surface area (Å²) in [7, 11) is 0. The summed E-state index contributed by atoms with van der Waals surface area (Å²) in [6.07, 6.45) is 0. The molecule has 0 atom stereocenters. The molecule has 3 aromatic carbocycles. The van der Waals surface area contributed by atoms with Crippen LogP contribution in [0.2, 0.25) is 65.3 Å². The molecule has 0 N–H and O–H groups in total. The lowest BCUT2D eigenvalue weighted by molar-refractivity contribution is 1.02. The normalized spacial score (nSPS) is 13.0. The maximum Gasteiger partial charge on any atom is 0.0809 e. The summed E-state index contributed by atoms with van der Waals surface area (Å²) in [6.45, 7) is 0. The summed E-state index contributed by atoms with van der Waals surface area (Å²) in [4.78, 5) is 0. The minimum atomic E-state index is -0.896. The Balaban J connectivity index is 2.31. The first-order valence-corrected chi connectivity index (χ1v) is 13.0. The van der Waals surface area contributed by atoms with Crippen LogP contribution in [0.4, 0.5) is 0 Å². The maximum absolute atomic E-state index is 6.65. The number of benzene rings is 3. The minimum absolute atomic E-state index is 0.00210. The van der Waals surface area contributed by atoms with Gasteiger partial charge in [0.15, 0.2) is 0 Å². The molecule has 1 aliphatic carbocycles. The Morgan fingerprint density at radius 2 is 0.469 bits per heavy atom. The maximum atomic E-state index is 6.65. The van der Waals surface area contributed by atoms with Gasteiger partial charge in [-0.2, -0.15) is 0 Å². The van der Waals surface area contributed by atoms with Gasteiger partial charge in [0.05, 0.1) is 65.3 Å². The molecule has 3 aromatic rings. The SMILES string of the molecule is Clc1c(Cl)c(Cl)c(C2c3c(Cl)c(Cl)c(Cl)c(Cl)c3-c3c(Cl)c(Cl)c(Cl)c(Cl)c32)c(Cl)c1Cl. The van der Waals surface area contributed by atoms with E-state index in [4.69, 9.17) is 151 Å². The molecule has 13 heteroatoms. The van der Waals surface area contributed by atoms with Crippen LogP contribution >= 0.6 is 151 Å². The van der Waals surface area contributed by atoms with Crippen LogP contribution < -0.4 is 0 Å². The van der Waals surface area contributed by atoms with Crippen molar-refractivity contribution >= 4 is 151 Å². The van der Waals surface area contributed by atoms with E-state index in [1.54, 1.807) is 0 Å². The third-order valence-electron chi connectivity index (χ3n) is 4.97. The van der Waals surface area contributed by atoms with Crippen molar-refractivity contribution in [2.75, 3.05) is 0 Å². The van der Waals surface area contributed by atoms with E-state index in [1.807, 2.05) is 0 Å². The standard InChI is InChI=1S/C19HCl13/c20-7-2-1(6-11(24)17(30)19(32)18(31)12(6)25)3-5(4(2)9(22)15(28)13(7)26)10(23)16(29)14(27)8(3)21/h1H. The molecule has 1 aliphatic rings. The molecule has 0 aliphatic heterocycles. The largest absolute Gasteiger partial charge is 0.0823 e. The first-order valence-electron chi connectivity index (χ1n) is 8.07. The van der Waals surface area contributed by atoms with Crippen LogP contribution in [0.25, 0.3) is 11.1 Å². The number of rotatable bonds is 1. The quantitative estimate of drug-likeness (QED) is 0.138. The molecule has 0 heterocycles. The Bertz CT molecular complexity index is 1260. The fraction of sp³-hybridized carbons (Fsp3) is 0.0526. The lowest BCUT2D eigenvalue weighted by Gasteiger charge is -2.22. The second-order valence-corrected chi connectivity index (χ2v) is 11.4. The molecule has 4 rings (SSSR count). The highest BCUT2D eigenvalue weighted by atomic mass is 35.5. The van der Waals surface area contributed by atoms with Crippen LogP contribution in [-0.4, -0.2) is 0 Å². The summed E-state index contributed by atoms with van der Waals surface area (Å²) in [5.74, 6) is -0.896.